The van der Waals surface area contributed by atoms with E-state index in [4.69, 9.17) is 9.15 Å². The summed E-state index contributed by atoms with van der Waals surface area (Å²) >= 11 is 0. The van der Waals surface area contributed by atoms with Gasteiger partial charge in [-0.25, -0.2) is 14.6 Å². The predicted octanol–water partition coefficient (Wildman–Crippen LogP) is 0.622. The molecule has 2 N–H and O–H groups in total. The zero-order valence-electron chi connectivity index (χ0n) is 14.9. The molecule has 0 bridgehead atoms. The van der Waals surface area contributed by atoms with Crippen LogP contribution in [0.25, 0.3) is 22.5 Å². The Balaban J connectivity index is 1.88. The molecule has 3 aromatic heterocycles. The first-order valence-corrected chi connectivity index (χ1v) is 8.51. The van der Waals surface area contributed by atoms with Gasteiger partial charge in [-0.2, -0.15) is 10.2 Å². The van der Waals surface area contributed by atoms with Gasteiger partial charge >= 0.3 is 0 Å². The second-order valence-electron chi connectivity index (χ2n) is 6.43. The van der Waals surface area contributed by atoms with Crippen LogP contribution in [0, 0.1) is 0 Å². The van der Waals surface area contributed by atoms with Gasteiger partial charge < -0.3 is 24.4 Å². The fourth-order valence-corrected chi connectivity index (χ4v) is 3.08. The summed E-state index contributed by atoms with van der Waals surface area (Å²) in [6.45, 7) is -0.266. The minimum atomic E-state index is -0.775. The van der Waals surface area contributed by atoms with Gasteiger partial charge in [-0.1, -0.05) is 0 Å². The Morgan fingerprint density at radius 2 is 2.26 bits per heavy atom. The van der Waals surface area contributed by atoms with Crippen LogP contribution < -0.4 is 0 Å². The van der Waals surface area contributed by atoms with E-state index in [9.17, 15) is 10.2 Å². The number of rotatable bonds is 5. The highest BCUT2D eigenvalue weighted by atomic mass is 16.5. The van der Waals surface area contributed by atoms with Crippen molar-refractivity contribution in [1.82, 2.24) is 24.8 Å². The second-order valence-corrected chi connectivity index (χ2v) is 6.43. The molecule has 1 aliphatic heterocycles. The lowest BCUT2D eigenvalue weighted by atomic mass is 10.2. The summed E-state index contributed by atoms with van der Waals surface area (Å²) in [5.74, 6) is 0.560. The van der Waals surface area contributed by atoms with Crippen molar-refractivity contribution in [3.8, 4) is 11.5 Å². The van der Waals surface area contributed by atoms with E-state index in [1.54, 1.807) is 34.3 Å². The average molecular weight is 372 g/mol. The SMILES string of the molecule is CN(C)/N=C\c1ncnc2c1c(-c1ccco1)nn2C1CC(O)C(CO)O1. The molecule has 0 amide bonds. The molecule has 0 radical (unpaired) electrons. The van der Waals surface area contributed by atoms with E-state index < -0.39 is 18.4 Å². The highest BCUT2D eigenvalue weighted by molar-refractivity contribution is 6.02. The van der Waals surface area contributed by atoms with Crippen molar-refractivity contribution in [1.29, 1.82) is 0 Å². The van der Waals surface area contributed by atoms with Crippen molar-refractivity contribution in [2.75, 3.05) is 20.7 Å². The largest absolute Gasteiger partial charge is 0.463 e. The molecular formula is C17H20N6O4. The number of hydrogen-bond donors (Lipinski definition) is 2. The summed E-state index contributed by atoms with van der Waals surface area (Å²) in [5, 5.41) is 30.7. The Morgan fingerprint density at radius 3 is 2.93 bits per heavy atom. The maximum atomic E-state index is 10.1. The van der Waals surface area contributed by atoms with Crippen LogP contribution in [0.4, 0.5) is 0 Å². The summed E-state index contributed by atoms with van der Waals surface area (Å²) in [4.78, 5) is 8.69. The zero-order valence-corrected chi connectivity index (χ0v) is 14.9. The van der Waals surface area contributed by atoms with Crippen LogP contribution in [0.1, 0.15) is 18.3 Å². The van der Waals surface area contributed by atoms with E-state index in [1.165, 1.54) is 6.33 Å². The van der Waals surface area contributed by atoms with E-state index in [-0.39, 0.29) is 6.61 Å². The molecule has 10 heteroatoms. The lowest BCUT2D eigenvalue weighted by Crippen LogP contribution is -2.24. The minimum Gasteiger partial charge on any atom is -0.463 e. The molecule has 4 rings (SSSR count). The third-order valence-corrected chi connectivity index (χ3v) is 4.34. The van der Waals surface area contributed by atoms with Crippen molar-refractivity contribution in [3.05, 3.63) is 30.4 Å². The number of hydrogen-bond acceptors (Lipinski definition) is 9. The molecule has 1 saturated heterocycles. The van der Waals surface area contributed by atoms with Crippen LogP contribution in [-0.4, -0.2) is 74.1 Å². The molecule has 3 atom stereocenters. The zero-order chi connectivity index (χ0) is 19.0. The number of ether oxygens (including phenoxy) is 1. The molecule has 1 fully saturated rings. The van der Waals surface area contributed by atoms with Crippen molar-refractivity contribution in [3.63, 3.8) is 0 Å². The number of aliphatic hydroxyl groups excluding tert-OH is 2. The molecule has 0 spiro atoms. The third-order valence-electron chi connectivity index (χ3n) is 4.34. The first-order chi connectivity index (χ1) is 13.1. The number of nitrogens with zero attached hydrogens (tertiary/aromatic N) is 6. The smallest absolute Gasteiger partial charge is 0.165 e. The maximum absolute atomic E-state index is 10.1. The molecule has 3 unspecified atom stereocenters. The Morgan fingerprint density at radius 1 is 1.41 bits per heavy atom. The van der Waals surface area contributed by atoms with Crippen LogP contribution in [0.5, 0.6) is 0 Å². The van der Waals surface area contributed by atoms with Crippen molar-refractivity contribution < 1.29 is 19.4 Å². The molecule has 0 aromatic carbocycles. The molecule has 10 nitrogen and oxygen atoms in total. The summed E-state index contributed by atoms with van der Waals surface area (Å²) in [6.07, 6.45) is 2.93. The van der Waals surface area contributed by atoms with Gasteiger partial charge in [0.25, 0.3) is 0 Å². The summed E-state index contributed by atoms with van der Waals surface area (Å²) in [5.41, 5.74) is 1.68. The van der Waals surface area contributed by atoms with E-state index in [0.717, 1.165) is 0 Å². The Kier molecular flexibility index (Phi) is 4.60. The summed E-state index contributed by atoms with van der Waals surface area (Å²) < 4.78 is 12.9. The van der Waals surface area contributed by atoms with Gasteiger partial charge in [-0.05, 0) is 12.1 Å². The molecular weight excluding hydrogens is 352 g/mol. The average Bonchev–Trinajstić information content (AvgIpc) is 3.37. The van der Waals surface area contributed by atoms with Gasteiger partial charge in [-0.15, -0.1) is 0 Å². The van der Waals surface area contributed by atoms with Crippen LogP contribution in [0.15, 0.2) is 34.2 Å². The molecule has 0 saturated carbocycles. The number of furan rings is 1. The first-order valence-electron chi connectivity index (χ1n) is 8.51. The molecule has 1 aliphatic rings. The first kappa shape index (κ1) is 17.6. The Hall–Kier alpha value is -2.82. The van der Waals surface area contributed by atoms with Crippen LogP contribution in [0.3, 0.4) is 0 Å². The van der Waals surface area contributed by atoms with Gasteiger partial charge in [0.2, 0.25) is 0 Å². The molecule has 27 heavy (non-hydrogen) atoms. The van der Waals surface area contributed by atoms with Crippen molar-refractivity contribution >= 4 is 17.2 Å². The van der Waals surface area contributed by atoms with E-state index in [2.05, 4.69) is 20.2 Å². The Bertz CT molecular complexity index is 952. The minimum absolute atomic E-state index is 0.266. The highest BCUT2D eigenvalue weighted by Gasteiger charge is 2.36. The Labute approximate surface area is 154 Å². The monoisotopic (exact) mass is 372 g/mol. The highest BCUT2D eigenvalue weighted by Crippen LogP contribution is 2.35. The second kappa shape index (κ2) is 7.06. The fourth-order valence-electron chi connectivity index (χ4n) is 3.08. The predicted molar refractivity (Wildman–Crippen MR) is 95.9 cm³/mol. The summed E-state index contributed by atoms with van der Waals surface area (Å²) in [6, 6.07) is 3.57. The fraction of sp³-hybridized carbons (Fsp3) is 0.412. The number of hydrazone groups is 1. The maximum Gasteiger partial charge on any atom is 0.165 e. The molecule has 0 aliphatic carbocycles. The number of fused-ring (bicyclic) bond motifs is 1. The lowest BCUT2D eigenvalue weighted by Gasteiger charge is -2.12. The summed E-state index contributed by atoms with van der Waals surface area (Å²) in [7, 11) is 3.63. The van der Waals surface area contributed by atoms with Gasteiger partial charge in [0, 0.05) is 20.5 Å². The number of aromatic nitrogens is 4. The van der Waals surface area contributed by atoms with Crippen LogP contribution in [0.2, 0.25) is 0 Å². The third kappa shape index (κ3) is 3.18. The van der Waals surface area contributed by atoms with E-state index >= 15 is 0 Å². The van der Waals surface area contributed by atoms with Gasteiger partial charge in [0.05, 0.1) is 36.3 Å². The van der Waals surface area contributed by atoms with Crippen LogP contribution >= 0.6 is 0 Å². The number of aliphatic hydroxyl groups is 2. The molecule has 142 valence electrons. The van der Waals surface area contributed by atoms with E-state index in [0.29, 0.717) is 34.6 Å². The van der Waals surface area contributed by atoms with Crippen LogP contribution in [-0.2, 0) is 4.74 Å². The van der Waals surface area contributed by atoms with Gasteiger partial charge in [0.1, 0.15) is 18.1 Å². The van der Waals surface area contributed by atoms with Gasteiger partial charge in [-0.3, -0.25) is 0 Å². The molecule has 3 aromatic rings. The van der Waals surface area contributed by atoms with Crippen molar-refractivity contribution in [2.45, 2.75) is 24.9 Å². The van der Waals surface area contributed by atoms with Gasteiger partial charge in [0.15, 0.2) is 17.6 Å². The van der Waals surface area contributed by atoms with Crippen molar-refractivity contribution in [2.24, 2.45) is 5.10 Å². The quantitative estimate of drug-likeness (QED) is 0.494. The van der Waals surface area contributed by atoms with E-state index in [1.807, 2.05) is 14.1 Å². The molecule has 4 heterocycles. The topological polar surface area (TPSA) is 122 Å². The normalized spacial score (nSPS) is 22.9. The lowest BCUT2D eigenvalue weighted by molar-refractivity contribution is -0.0469. The standard InChI is InChI=1S/C17H20N6O4/c1-22(2)20-7-10-15-16(12-4-3-5-26-12)21-23(17(15)19-9-18-10)14-6-11(25)13(8-24)27-14/h3-5,7,9,11,13-14,24-25H,6,8H2,1-2H3/b20-7-.